The number of carbonyl (C=O) groups excluding carboxylic acids is 1. The lowest BCUT2D eigenvalue weighted by Crippen LogP contribution is -2.45. The Labute approximate surface area is 240 Å². The Balaban J connectivity index is 3.78. The van der Waals surface area contributed by atoms with Crippen LogP contribution >= 0.6 is 0 Å². The van der Waals surface area contributed by atoms with Gasteiger partial charge in [-0.25, -0.2) is 0 Å². The van der Waals surface area contributed by atoms with Gasteiger partial charge < -0.3 is 15.5 Å². The molecule has 0 bridgehead atoms. The van der Waals surface area contributed by atoms with Crippen LogP contribution in [0.5, 0.6) is 0 Å². The Morgan fingerprint density at radius 2 is 1.13 bits per heavy atom. The van der Waals surface area contributed by atoms with Gasteiger partial charge in [0.2, 0.25) is 5.91 Å². The highest BCUT2D eigenvalue weighted by molar-refractivity contribution is 5.76. The van der Waals surface area contributed by atoms with E-state index in [1.165, 1.54) is 32.1 Å². The van der Waals surface area contributed by atoms with Crippen LogP contribution in [0.2, 0.25) is 0 Å². The third-order valence-corrected chi connectivity index (χ3v) is 6.45. The fourth-order valence-electron chi connectivity index (χ4n) is 4.02. The molecule has 0 saturated heterocycles. The molecule has 39 heavy (non-hydrogen) atoms. The van der Waals surface area contributed by atoms with Crippen molar-refractivity contribution < 1.29 is 15.0 Å². The van der Waals surface area contributed by atoms with Crippen LogP contribution in [0.4, 0.5) is 0 Å². The van der Waals surface area contributed by atoms with Gasteiger partial charge in [-0.2, -0.15) is 0 Å². The van der Waals surface area contributed by atoms with Gasteiger partial charge in [-0.1, -0.05) is 125 Å². The number of unbranched alkanes of at least 4 members (excludes halogenated alkanes) is 9. The molecule has 0 radical (unpaired) electrons. The second kappa shape index (κ2) is 30.4. The van der Waals surface area contributed by atoms with E-state index in [9.17, 15) is 15.0 Å². The van der Waals surface area contributed by atoms with Crippen LogP contribution in [-0.4, -0.2) is 34.9 Å². The van der Waals surface area contributed by atoms with E-state index in [0.29, 0.717) is 6.42 Å². The minimum Gasteiger partial charge on any atom is -0.394 e. The summed E-state index contributed by atoms with van der Waals surface area (Å²) in [5.74, 6) is -0.104. The summed E-state index contributed by atoms with van der Waals surface area (Å²) in [4.78, 5) is 12.2. The first-order valence-electron chi connectivity index (χ1n) is 15.7. The van der Waals surface area contributed by atoms with Crippen molar-refractivity contribution in [2.45, 2.75) is 135 Å². The summed E-state index contributed by atoms with van der Waals surface area (Å²) in [7, 11) is 0. The summed E-state index contributed by atoms with van der Waals surface area (Å²) in [6.45, 7) is 4.10. The van der Waals surface area contributed by atoms with Gasteiger partial charge in [0.1, 0.15) is 0 Å². The van der Waals surface area contributed by atoms with Crippen molar-refractivity contribution in [2.24, 2.45) is 0 Å². The Kier molecular flexibility index (Phi) is 28.7. The molecule has 222 valence electrons. The van der Waals surface area contributed by atoms with Crippen molar-refractivity contribution in [3.63, 3.8) is 0 Å². The summed E-state index contributed by atoms with van der Waals surface area (Å²) in [5, 5.41) is 22.6. The number of amides is 1. The number of carbonyl (C=O) groups is 1. The largest absolute Gasteiger partial charge is 0.394 e. The maximum atomic E-state index is 12.2. The Morgan fingerprint density at radius 3 is 1.69 bits per heavy atom. The van der Waals surface area contributed by atoms with E-state index in [2.05, 4.69) is 79.9 Å². The first kappa shape index (κ1) is 36.8. The molecule has 3 N–H and O–H groups in total. The number of hydrogen-bond donors (Lipinski definition) is 3. The molecule has 0 aliphatic carbocycles. The monoisotopic (exact) mass is 541 g/mol. The number of nitrogens with one attached hydrogen (secondary N) is 1. The second-order valence-corrected chi connectivity index (χ2v) is 10.1. The average Bonchev–Trinajstić information content (AvgIpc) is 2.94. The van der Waals surface area contributed by atoms with E-state index < -0.39 is 12.1 Å². The second-order valence-electron chi connectivity index (χ2n) is 10.1. The molecule has 0 aromatic carbocycles. The van der Waals surface area contributed by atoms with Crippen LogP contribution in [0, 0.1) is 0 Å². The lowest BCUT2D eigenvalue weighted by molar-refractivity contribution is -0.123. The predicted molar refractivity (Wildman–Crippen MR) is 170 cm³/mol. The highest BCUT2D eigenvalue weighted by Gasteiger charge is 2.17. The molecule has 2 unspecified atom stereocenters. The zero-order chi connectivity index (χ0) is 28.7. The molecule has 0 fully saturated rings. The molecule has 0 aliphatic rings. The molecule has 0 aromatic heterocycles. The first-order chi connectivity index (χ1) is 19.2. The standard InChI is InChI=1S/C35H59NO3/c1-3-5-7-9-11-13-14-15-16-17-18-19-20-21-22-23-25-27-29-31-35(39)36-33(32-37)34(38)30-28-26-24-12-10-8-6-4-2/h5,7,11,13,15-16,18-19,21-22,28,30,33-34,37-38H,3-4,6,8-10,12,14,17,20,23-27,29,31-32H2,1-2H3,(H,36,39)/b7-5-,13-11-,16-15-,19-18-,22-21-,30-28+. The molecule has 0 heterocycles. The van der Waals surface area contributed by atoms with Crippen LogP contribution in [0.1, 0.15) is 123 Å². The maximum Gasteiger partial charge on any atom is 0.220 e. The van der Waals surface area contributed by atoms with Gasteiger partial charge in [0, 0.05) is 6.42 Å². The summed E-state index contributed by atoms with van der Waals surface area (Å²) in [5.41, 5.74) is 0. The van der Waals surface area contributed by atoms with Crippen molar-refractivity contribution in [1.29, 1.82) is 0 Å². The van der Waals surface area contributed by atoms with Gasteiger partial charge >= 0.3 is 0 Å². The Bertz CT molecular complexity index is 717. The number of rotatable bonds is 26. The summed E-state index contributed by atoms with van der Waals surface area (Å²) < 4.78 is 0. The van der Waals surface area contributed by atoms with Crippen LogP contribution in [0.15, 0.2) is 72.9 Å². The van der Waals surface area contributed by atoms with E-state index in [1.807, 2.05) is 6.08 Å². The normalized spacial score (nSPS) is 14.3. The fraction of sp³-hybridized carbons (Fsp3) is 0.629. The molecule has 0 aliphatic heterocycles. The SMILES string of the molecule is CC/C=C\C/C=C\C/C=C\C/C=C\C/C=C\CCCCCC(=O)NC(CO)C(O)/C=C/CCCCCCCC. The van der Waals surface area contributed by atoms with Crippen LogP contribution in [-0.2, 0) is 4.79 Å². The summed E-state index contributed by atoms with van der Waals surface area (Å²) in [6.07, 6.45) is 42.6. The van der Waals surface area contributed by atoms with Gasteiger partial charge in [-0.15, -0.1) is 0 Å². The summed E-state index contributed by atoms with van der Waals surface area (Å²) in [6, 6.07) is -0.639. The molecule has 4 nitrogen and oxygen atoms in total. The van der Waals surface area contributed by atoms with E-state index in [4.69, 9.17) is 0 Å². The van der Waals surface area contributed by atoms with Crippen molar-refractivity contribution in [1.82, 2.24) is 5.32 Å². The Morgan fingerprint density at radius 1 is 0.641 bits per heavy atom. The van der Waals surface area contributed by atoms with Crippen molar-refractivity contribution >= 4 is 5.91 Å². The maximum absolute atomic E-state index is 12.2. The van der Waals surface area contributed by atoms with Crippen LogP contribution in [0.25, 0.3) is 0 Å². The third-order valence-electron chi connectivity index (χ3n) is 6.45. The quantitative estimate of drug-likeness (QED) is 0.0757. The average molecular weight is 542 g/mol. The number of hydrogen-bond acceptors (Lipinski definition) is 3. The molecule has 2 atom stereocenters. The minimum atomic E-state index is -0.852. The topological polar surface area (TPSA) is 69.6 Å². The zero-order valence-corrected chi connectivity index (χ0v) is 25.1. The highest BCUT2D eigenvalue weighted by Crippen LogP contribution is 2.09. The van der Waals surface area contributed by atoms with E-state index in [0.717, 1.165) is 70.6 Å². The van der Waals surface area contributed by atoms with E-state index >= 15 is 0 Å². The molecule has 0 saturated carbocycles. The number of aliphatic hydroxyl groups excluding tert-OH is 2. The van der Waals surface area contributed by atoms with Crippen molar-refractivity contribution in [2.75, 3.05) is 6.61 Å². The summed E-state index contributed by atoms with van der Waals surface area (Å²) >= 11 is 0. The van der Waals surface area contributed by atoms with Gasteiger partial charge in [0.05, 0.1) is 18.8 Å². The molecule has 4 heteroatoms. The van der Waals surface area contributed by atoms with E-state index in [1.54, 1.807) is 6.08 Å². The first-order valence-corrected chi connectivity index (χ1v) is 15.7. The van der Waals surface area contributed by atoms with Crippen LogP contribution < -0.4 is 5.32 Å². The lowest BCUT2D eigenvalue weighted by atomic mass is 10.1. The van der Waals surface area contributed by atoms with Crippen LogP contribution in [0.3, 0.4) is 0 Å². The van der Waals surface area contributed by atoms with Crippen molar-refractivity contribution in [3.05, 3.63) is 72.9 Å². The van der Waals surface area contributed by atoms with E-state index in [-0.39, 0.29) is 12.5 Å². The minimum absolute atomic E-state index is 0.104. The van der Waals surface area contributed by atoms with Crippen molar-refractivity contribution in [3.8, 4) is 0 Å². The molecular weight excluding hydrogens is 482 g/mol. The number of allylic oxidation sites excluding steroid dienone is 11. The van der Waals surface area contributed by atoms with Gasteiger partial charge in [0.15, 0.2) is 0 Å². The lowest BCUT2D eigenvalue weighted by Gasteiger charge is -2.19. The Hall–Kier alpha value is -2.17. The third kappa shape index (κ3) is 27.2. The van der Waals surface area contributed by atoms with Gasteiger partial charge in [0.25, 0.3) is 0 Å². The molecular formula is C35H59NO3. The zero-order valence-electron chi connectivity index (χ0n) is 25.1. The molecule has 0 rings (SSSR count). The predicted octanol–water partition coefficient (Wildman–Crippen LogP) is 8.83. The molecule has 0 spiro atoms. The smallest absolute Gasteiger partial charge is 0.220 e. The highest BCUT2D eigenvalue weighted by atomic mass is 16.3. The molecule has 0 aromatic rings. The number of aliphatic hydroxyl groups is 2. The van der Waals surface area contributed by atoms with Gasteiger partial charge in [-0.3, -0.25) is 4.79 Å². The van der Waals surface area contributed by atoms with Gasteiger partial charge in [-0.05, 0) is 64.2 Å². The molecule has 1 amide bonds. The fourth-order valence-corrected chi connectivity index (χ4v) is 4.02.